The first kappa shape index (κ1) is 21.8. The van der Waals surface area contributed by atoms with Crippen LogP contribution in [0, 0.1) is 6.92 Å². The van der Waals surface area contributed by atoms with Gasteiger partial charge in [-0.2, -0.15) is 0 Å². The maximum absolute atomic E-state index is 12.7. The molecule has 8 nitrogen and oxygen atoms in total. The summed E-state index contributed by atoms with van der Waals surface area (Å²) in [6.07, 6.45) is 2.21. The number of thiazole rings is 1. The van der Waals surface area contributed by atoms with E-state index in [0.717, 1.165) is 16.9 Å². The molecule has 0 aliphatic carbocycles. The number of hydrogen-bond donors (Lipinski definition) is 1. The highest BCUT2D eigenvalue weighted by Crippen LogP contribution is 2.27. The molecule has 30 heavy (non-hydrogen) atoms. The van der Waals surface area contributed by atoms with Crippen molar-refractivity contribution in [2.24, 2.45) is 0 Å². The van der Waals surface area contributed by atoms with Gasteiger partial charge >= 0.3 is 5.97 Å². The summed E-state index contributed by atoms with van der Waals surface area (Å²) in [5.41, 5.74) is 2.12. The second-order valence-corrected chi connectivity index (χ2v) is 8.32. The van der Waals surface area contributed by atoms with Gasteiger partial charge in [0.05, 0.1) is 23.7 Å². The molecule has 2 heterocycles. The first-order valence-electron chi connectivity index (χ1n) is 9.39. The number of amides is 1. The van der Waals surface area contributed by atoms with Crippen LogP contribution in [-0.2, 0) is 9.53 Å². The maximum atomic E-state index is 12.7. The number of aromatic nitrogens is 4. The Balaban J connectivity index is 1.65. The Morgan fingerprint density at radius 2 is 1.97 bits per heavy atom. The number of nitrogens with one attached hydrogen (secondary N) is 1. The molecule has 0 aliphatic rings. The number of rotatable bonds is 8. The van der Waals surface area contributed by atoms with E-state index in [0.29, 0.717) is 33.0 Å². The number of ether oxygens (including phenoxy) is 1. The maximum Gasteiger partial charge on any atom is 0.350 e. The van der Waals surface area contributed by atoms with Crippen LogP contribution < -0.4 is 5.32 Å². The zero-order chi connectivity index (χ0) is 21.5. The average Bonchev–Trinajstić information content (AvgIpc) is 3.13. The van der Waals surface area contributed by atoms with Crippen LogP contribution in [0.2, 0.25) is 0 Å². The number of nitrogens with zero attached hydrogens (tertiary/aromatic N) is 4. The molecule has 0 bridgehead atoms. The van der Waals surface area contributed by atoms with Crippen molar-refractivity contribution in [1.29, 1.82) is 0 Å². The summed E-state index contributed by atoms with van der Waals surface area (Å²) in [5, 5.41) is 11.5. The summed E-state index contributed by atoms with van der Waals surface area (Å²) in [4.78, 5) is 33.6. The predicted octanol–water partition coefficient (Wildman–Crippen LogP) is 3.99. The van der Waals surface area contributed by atoms with Gasteiger partial charge in [0.1, 0.15) is 10.6 Å². The molecule has 0 radical (unpaired) electrons. The highest BCUT2D eigenvalue weighted by molar-refractivity contribution is 8.00. The van der Waals surface area contributed by atoms with Crippen molar-refractivity contribution in [1.82, 2.24) is 20.2 Å². The van der Waals surface area contributed by atoms with E-state index < -0.39 is 11.2 Å². The molecule has 1 N–H and O–H groups in total. The Hall–Kier alpha value is -2.85. The fourth-order valence-corrected chi connectivity index (χ4v) is 4.18. The summed E-state index contributed by atoms with van der Waals surface area (Å²) in [6.45, 7) is 5.63. The molecule has 2 aromatic heterocycles. The number of thioether (sulfide) groups is 1. The monoisotopic (exact) mass is 443 g/mol. The van der Waals surface area contributed by atoms with Crippen LogP contribution in [0.5, 0.6) is 0 Å². The highest BCUT2D eigenvalue weighted by Gasteiger charge is 2.23. The van der Waals surface area contributed by atoms with Crippen molar-refractivity contribution in [2.45, 2.75) is 37.6 Å². The molecule has 0 spiro atoms. The quantitative estimate of drug-likeness (QED) is 0.411. The van der Waals surface area contributed by atoms with Gasteiger partial charge in [0.25, 0.3) is 0 Å². The van der Waals surface area contributed by atoms with Crippen molar-refractivity contribution in [3.63, 3.8) is 0 Å². The third kappa shape index (κ3) is 5.39. The fourth-order valence-electron chi connectivity index (χ4n) is 2.53. The summed E-state index contributed by atoms with van der Waals surface area (Å²) in [7, 11) is 0. The number of hydrogen-bond acceptors (Lipinski definition) is 9. The molecular weight excluding hydrogens is 422 g/mol. The predicted molar refractivity (Wildman–Crippen MR) is 117 cm³/mol. The van der Waals surface area contributed by atoms with Crippen LogP contribution in [0.25, 0.3) is 11.3 Å². The van der Waals surface area contributed by atoms with Crippen LogP contribution >= 0.6 is 23.1 Å². The topological polar surface area (TPSA) is 107 Å². The lowest BCUT2D eigenvalue weighted by Gasteiger charge is -2.12. The first-order valence-corrected chi connectivity index (χ1v) is 11.1. The van der Waals surface area contributed by atoms with Crippen molar-refractivity contribution in [3.05, 3.63) is 47.1 Å². The third-order valence-corrected chi connectivity index (χ3v) is 6.29. The molecule has 3 aromatic rings. The fraction of sp³-hybridized carbons (Fsp3) is 0.300. The van der Waals surface area contributed by atoms with Crippen molar-refractivity contribution in [2.75, 3.05) is 11.9 Å². The zero-order valence-electron chi connectivity index (χ0n) is 16.8. The smallest absolute Gasteiger partial charge is 0.350 e. The normalized spacial score (nSPS) is 11.7. The Morgan fingerprint density at radius 1 is 1.20 bits per heavy atom. The standard InChI is InChI=1S/C20H21N5O3S2/c1-4-15(17(26)23-20-22-12(3)16(30-20)18(27)28-5-2)29-19-21-11-14(24-25-19)13-9-7-6-8-10-13/h6-11,15H,4-5H2,1-3H3,(H,22,23,26). The molecule has 0 fully saturated rings. The van der Waals surface area contributed by atoms with Crippen molar-refractivity contribution >= 4 is 40.1 Å². The first-order chi connectivity index (χ1) is 14.5. The van der Waals surface area contributed by atoms with E-state index in [4.69, 9.17) is 4.74 Å². The molecule has 156 valence electrons. The van der Waals surface area contributed by atoms with Gasteiger partial charge in [0.2, 0.25) is 11.1 Å². The van der Waals surface area contributed by atoms with E-state index in [1.807, 2.05) is 37.3 Å². The second kappa shape index (κ2) is 10.3. The Labute approximate surface area is 182 Å². The van der Waals surface area contributed by atoms with E-state index in [-0.39, 0.29) is 12.5 Å². The van der Waals surface area contributed by atoms with E-state index in [1.165, 1.54) is 11.8 Å². The van der Waals surface area contributed by atoms with Gasteiger partial charge in [-0.15, -0.1) is 10.2 Å². The minimum atomic E-state index is -0.438. The summed E-state index contributed by atoms with van der Waals surface area (Å²) in [5.74, 6) is -0.671. The second-order valence-electron chi connectivity index (χ2n) is 6.15. The Kier molecular flexibility index (Phi) is 7.47. The molecule has 1 unspecified atom stereocenters. The molecule has 1 atom stereocenters. The van der Waals surface area contributed by atoms with Crippen molar-refractivity contribution in [3.8, 4) is 11.3 Å². The molecule has 1 aromatic carbocycles. The van der Waals surface area contributed by atoms with E-state index in [9.17, 15) is 9.59 Å². The van der Waals surface area contributed by atoms with Crippen LogP contribution in [0.1, 0.15) is 35.6 Å². The molecule has 0 aliphatic heterocycles. The SMILES string of the molecule is CCOC(=O)c1sc(NC(=O)C(CC)Sc2ncc(-c3ccccc3)nn2)nc1C. The third-order valence-electron chi connectivity index (χ3n) is 4.01. The number of carbonyl (C=O) groups is 2. The molecule has 3 rings (SSSR count). The van der Waals surface area contributed by atoms with Crippen LogP contribution in [0.3, 0.4) is 0 Å². The van der Waals surface area contributed by atoms with Crippen molar-refractivity contribution < 1.29 is 14.3 Å². The number of esters is 1. The van der Waals surface area contributed by atoms with E-state index in [1.54, 1.807) is 20.0 Å². The largest absolute Gasteiger partial charge is 0.462 e. The summed E-state index contributed by atoms with van der Waals surface area (Å²) >= 11 is 2.33. The minimum Gasteiger partial charge on any atom is -0.462 e. The lowest BCUT2D eigenvalue weighted by Crippen LogP contribution is -2.24. The Morgan fingerprint density at radius 3 is 2.60 bits per heavy atom. The van der Waals surface area contributed by atoms with Gasteiger partial charge in [-0.05, 0) is 20.3 Å². The van der Waals surface area contributed by atoms with Gasteiger partial charge in [-0.3, -0.25) is 4.79 Å². The van der Waals surface area contributed by atoms with Crippen LogP contribution in [0.4, 0.5) is 5.13 Å². The van der Waals surface area contributed by atoms with Gasteiger partial charge in [-0.25, -0.2) is 14.8 Å². The minimum absolute atomic E-state index is 0.234. The lowest BCUT2D eigenvalue weighted by atomic mass is 10.2. The summed E-state index contributed by atoms with van der Waals surface area (Å²) in [6, 6.07) is 9.64. The number of aryl methyl sites for hydroxylation is 1. The van der Waals surface area contributed by atoms with Crippen LogP contribution in [0.15, 0.2) is 41.7 Å². The van der Waals surface area contributed by atoms with Gasteiger partial charge in [0, 0.05) is 5.56 Å². The van der Waals surface area contributed by atoms with E-state index in [2.05, 4.69) is 25.5 Å². The van der Waals surface area contributed by atoms with Gasteiger partial charge < -0.3 is 10.1 Å². The molecule has 0 saturated carbocycles. The molecule has 1 amide bonds. The number of carbonyl (C=O) groups excluding carboxylic acids is 2. The van der Waals surface area contributed by atoms with Gasteiger partial charge in [-0.1, -0.05) is 60.4 Å². The van der Waals surface area contributed by atoms with Crippen LogP contribution in [-0.4, -0.2) is 43.9 Å². The Bertz CT molecular complexity index is 1010. The summed E-state index contributed by atoms with van der Waals surface area (Å²) < 4.78 is 5.01. The van der Waals surface area contributed by atoms with Gasteiger partial charge in [0.15, 0.2) is 5.13 Å². The highest BCUT2D eigenvalue weighted by atomic mass is 32.2. The lowest BCUT2D eigenvalue weighted by molar-refractivity contribution is -0.115. The average molecular weight is 444 g/mol. The number of anilines is 1. The molecular formula is C20H21N5O3S2. The zero-order valence-corrected chi connectivity index (χ0v) is 18.4. The van der Waals surface area contributed by atoms with E-state index >= 15 is 0 Å². The number of benzene rings is 1. The molecule has 10 heteroatoms. The molecule has 0 saturated heterocycles.